The van der Waals surface area contributed by atoms with Crippen LogP contribution in [0.2, 0.25) is 0 Å². The molecule has 2 aromatic carbocycles. The Morgan fingerprint density at radius 2 is 1.66 bits per heavy atom. The Labute approximate surface area is 221 Å². The molecule has 9 nitrogen and oxygen atoms in total. The molecule has 3 amide bonds. The van der Waals surface area contributed by atoms with Gasteiger partial charge in [0.1, 0.15) is 22.9 Å². The number of rotatable bonds is 5. The van der Waals surface area contributed by atoms with Crippen molar-refractivity contribution in [3.63, 3.8) is 0 Å². The summed E-state index contributed by atoms with van der Waals surface area (Å²) in [4.78, 5) is 31.7. The number of urea groups is 1. The predicted molar refractivity (Wildman–Crippen MR) is 148 cm³/mol. The number of nitrogens with one attached hydrogen (secondary N) is 2. The number of nitrogens with two attached hydrogens (primary N) is 1. The lowest BCUT2D eigenvalue weighted by Crippen LogP contribution is -2.38. The van der Waals surface area contributed by atoms with E-state index in [4.69, 9.17) is 10.8 Å². The summed E-state index contributed by atoms with van der Waals surface area (Å²) in [6.07, 6.45) is 2.50. The highest BCUT2D eigenvalue weighted by molar-refractivity contribution is 6.04. The minimum Gasteiger partial charge on any atom is -0.365 e. The zero-order valence-electron chi connectivity index (χ0n) is 21.7. The third-order valence-electron chi connectivity index (χ3n) is 6.51. The molecule has 194 valence electrons. The number of benzene rings is 2. The SMILES string of the molecule is CC(C)(C)n1nc(-c2ccc(NC(=O)N3CCc4ccccc4C3)cc2)c(C(N)=O)c1Nc1ccccn1. The summed E-state index contributed by atoms with van der Waals surface area (Å²) in [6, 6.07) is 20.8. The van der Waals surface area contributed by atoms with Crippen molar-refractivity contribution < 1.29 is 9.59 Å². The number of hydrogen-bond acceptors (Lipinski definition) is 5. The first kappa shape index (κ1) is 25.0. The van der Waals surface area contributed by atoms with Gasteiger partial charge in [-0.25, -0.2) is 14.5 Å². The van der Waals surface area contributed by atoms with Crippen LogP contribution in [0.15, 0.2) is 72.9 Å². The Balaban J connectivity index is 1.41. The van der Waals surface area contributed by atoms with Gasteiger partial charge in [0.2, 0.25) is 0 Å². The normalized spacial score (nSPS) is 13.1. The van der Waals surface area contributed by atoms with Crippen LogP contribution in [0.5, 0.6) is 0 Å². The van der Waals surface area contributed by atoms with Gasteiger partial charge in [0.25, 0.3) is 5.91 Å². The molecule has 1 aliphatic heterocycles. The van der Waals surface area contributed by atoms with Crippen LogP contribution in [0, 0.1) is 0 Å². The van der Waals surface area contributed by atoms with Crippen molar-refractivity contribution >= 4 is 29.3 Å². The molecular weight excluding hydrogens is 478 g/mol. The largest absolute Gasteiger partial charge is 0.365 e. The molecule has 3 heterocycles. The Bertz CT molecular complexity index is 1470. The van der Waals surface area contributed by atoms with Gasteiger partial charge in [-0.05, 0) is 62.6 Å². The van der Waals surface area contributed by atoms with Crippen LogP contribution in [-0.2, 0) is 18.5 Å². The van der Waals surface area contributed by atoms with Crippen LogP contribution in [-0.4, -0.2) is 38.1 Å². The summed E-state index contributed by atoms with van der Waals surface area (Å²) in [5.41, 5.74) is 9.96. The average molecular weight is 510 g/mol. The van der Waals surface area contributed by atoms with Crippen LogP contribution in [0.4, 0.5) is 22.1 Å². The summed E-state index contributed by atoms with van der Waals surface area (Å²) in [6.45, 7) is 7.23. The predicted octanol–water partition coefficient (Wildman–Crippen LogP) is 5.13. The van der Waals surface area contributed by atoms with Crippen LogP contribution in [0.1, 0.15) is 42.3 Å². The molecule has 1 aliphatic rings. The molecule has 0 saturated carbocycles. The third kappa shape index (κ3) is 5.08. The Morgan fingerprint density at radius 1 is 0.947 bits per heavy atom. The molecule has 0 radical (unpaired) electrons. The number of anilines is 3. The zero-order valence-corrected chi connectivity index (χ0v) is 21.7. The lowest BCUT2D eigenvalue weighted by molar-refractivity contribution is 0.100. The molecule has 38 heavy (non-hydrogen) atoms. The zero-order chi connectivity index (χ0) is 26.9. The topological polar surface area (TPSA) is 118 Å². The highest BCUT2D eigenvalue weighted by Gasteiger charge is 2.29. The second-order valence-corrected chi connectivity index (χ2v) is 10.3. The van der Waals surface area contributed by atoms with E-state index in [0.29, 0.717) is 41.7 Å². The van der Waals surface area contributed by atoms with Crippen molar-refractivity contribution in [3.05, 3.63) is 89.6 Å². The van der Waals surface area contributed by atoms with Gasteiger partial charge in [-0.15, -0.1) is 0 Å². The number of pyridine rings is 1. The molecule has 4 aromatic rings. The molecular formula is C29H31N7O2. The maximum atomic E-state index is 12.9. The number of carbonyl (C=O) groups is 2. The number of fused-ring (bicyclic) bond motifs is 1. The van der Waals surface area contributed by atoms with Crippen molar-refractivity contribution in [1.82, 2.24) is 19.7 Å². The van der Waals surface area contributed by atoms with Crippen LogP contribution in [0.3, 0.4) is 0 Å². The highest BCUT2D eigenvalue weighted by atomic mass is 16.2. The Morgan fingerprint density at radius 3 is 2.32 bits per heavy atom. The number of nitrogens with zero attached hydrogens (tertiary/aromatic N) is 4. The molecule has 0 bridgehead atoms. The van der Waals surface area contributed by atoms with Crippen LogP contribution < -0.4 is 16.4 Å². The molecule has 0 saturated heterocycles. The summed E-state index contributed by atoms with van der Waals surface area (Å²) in [7, 11) is 0. The van der Waals surface area contributed by atoms with Gasteiger partial charge in [-0.2, -0.15) is 5.10 Å². The number of aromatic nitrogens is 3. The minimum absolute atomic E-state index is 0.149. The van der Waals surface area contributed by atoms with E-state index in [1.165, 1.54) is 11.1 Å². The van der Waals surface area contributed by atoms with E-state index in [9.17, 15) is 9.59 Å². The van der Waals surface area contributed by atoms with E-state index < -0.39 is 11.4 Å². The van der Waals surface area contributed by atoms with Gasteiger partial charge in [-0.1, -0.05) is 42.5 Å². The summed E-state index contributed by atoms with van der Waals surface area (Å²) in [5, 5.41) is 11.0. The van der Waals surface area contributed by atoms with E-state index in [0.717, 1.165) is 6.42 Å². The van der Waals surface area contributed by atoms with Crippen molar-refractivity contribution in [2.75, 3.05) is 17.2 Å². The summed E-state index contributed by atoms with van der Waals surface area (Å²) in [5.74, 6) is 0.448. The molecule has 9 heteroatoms. The van der Waals surface area contributed by atoms with Gasteiger partial charge in [-0.3, -0.25) is 4.79 Å². The quantitative estimate of drug-likeness (QED) is 0.345. The fourth-order valence-corrected chi connectivity index (χ4v) is 4.60. The number of hydrogen-bond donors (Lipinski definition) is 3. The maximum absolute atomic E-state index is 12.9. The first-order chi connectivity index (χ1) is 18.2. The standard InChI is InChI=1S/C29H31N7O2/c1-29(2,3)36-27(33-23-10-6-7-16-31-23)24(26(30)37)25(34-36)20-11-13-22(14-12-20)32-28(38)35-17-15-19-8-4-5-9-21(19)18-35/h4-14,16H,15,17-18H2,1-3H3,(H2,30,37)(H,31,33)(H,32,38). The number of carbonyl (C=O) groups excluding carboxylic acids is 2. The van der Waals surface area contributed by atoms with E-state index in [2.05, 4.69) is 27.8 Å². The van der Waals surface area contributed by atoms with Crippen molar-refractivity contribution in [3.8, 4) is 11.3 Å². The molecule has 0 spiro atoms. The molecule has 5 rings (SSSR count). The van der Waals surface area contributed by atoms with Gasteiger partial charge in [0.15, 0.2) is 0 Å². The van der Waals surface area contributed by atoms with Gasteiger partial charge in [0, 0.05) is 30.5 Å². The summed E-state index contributed by atoms with van der Waals surface area (Å²) < 4.78 is 1.75. The molecule has 0 atom stereocenters. The molecule has 0 fully saturated rings. The lowest BCUT2D eigenvalue weighted by Gasteiger charge is -2.29. The van der Waals surface area contributed by atoms with E-state index in [-0.39, 0.29) is 11.6 Å². The highest BCUT2D eigenvalue weighted by Crippen LogP contribution is 2.34. The van der Waals surface area contributed by atoms with Crippen molar-refractivity contribution in [2.24, 2.45) is 5.73 Å². The van der Waals surface area contributed by atoms with E-state index in [1.54, 1.807) is 23.0 Å². The smallest absolute Gasteiger partial charge is 0.322 e. The monoisotopic (exact) mass is 509 g/mol. The summed E-state index contributed by atoms with van der Waals surface area (Å²) >= 11 is 0. The first-order valence-electron chi connectivity index (χ1n) is 12.6. The van der Waals surface area contributed by atoms with Crippen molar-refractivity contribution in [2.45, 2.75) is 39.3 Å². The number of amides is 3. The fourth-order valence-electron chi connectivity index (χ4n) is 4.60. The van der Waals surface area contributed by atoms with E-state index >= 15 is 0 Å². The Hall–Kier alpha value is -4.66. The molecule has 2 aromatic heterocycles. The van der Waals surface area contributed by atoms with Crippen LogP contribution in [0.25, 0.3) is 11.3 Å². The second kappa shape index (κ2) is 10.0. The molecule has 0 unspecified atom stereocenters. The molecule has 4 N–H and O–H groups in total. The van der Waals surface area contributed by atoms with E-state index in [1.807, 2.05) is 68.1 Å². The third-order valence-corrected chi connectivity index (χ3v) is 6.51. The fraction of sp³-hybridized carbons (Fsp3) is 0.241. The first-order valence-corrected chi connectivity index (χ1v) is 12.6. The number of primary amides is 1. The van der Waals surface area contributed by atoms with Gasteiger partial charge < -0.3 is 21.3 Å². The minimum atomic E-state index is -0.600. The van der Waals surface area contributed by atoms with Gasteiger partial charge >= 0.3 is 6.03 Å². The lowest BCUT2D eigenvalue weighted by atomic mass is 10.0. The van der Waals surface area contributed by atoms with Crippen LogP contribution >= 0.6 is 0 Å². The van der Waals surface area contributed by atoms with Gasteiger partial charge in [0.05, 0.1) is 5.54 Å². The second-order valence-electron chi connectivity index (χ2n) is 10.3. The van der Waals surface area contributed by atoms with Crippen molar-refractivity contribution in [1.29, 1.82) is 0 Å². The maximum Gasteiger partial charge on any atom is 0.322 e. The Kier molecular flexibility index (Phi) is 6.59. The molecule has 0 aliphatic carbocycles. The average Bonchev–Trinajstić information content (AvgIpc) is 3.29.